The molecular weight excluding hydrogens is 272 g/mol. The van der Waals surface area contributed by atoms with E-state index in [9.17, 15) is 9.59 Å². The second-order valence-electron chi connectivity index (χ2n) is 3.27. The van der Waals surface area contributed by atoms with Gasteiger partial charge in [0.1, 0.15) is 0 Å². The Hall–Kier alpha value is -1.42. The van der Waals surface area contributed by atoms with Crippen molar-refractivity contribution >= 4 is 33.8 Å². The lowest BCUT2D eigenvalue weighted by Crippen LogP contribution is -2.09. The third-order valence-corrected chi connectivity index (χ3v) is 2.39. The van der Waals surface area contributed by atoms with E-state index in [-0.39, 0.29) is 10.6 Å². The van der Waals surface area contributed by atoms with Crippen LogP contribution in [0.25, 0.3) is 6.08 Å². The highest BCUT2D eigenvalue weighted by molar-refractivity contribution is 9.10. The van der Waals surface area contributed by atoms with Crippen molar-refractivity contribution in [2.45, 2.75) is 11.8 Å². The van der Waals surface area contributed by atoms with Gasteiger partial charge in [-0.25, -0.2) is 4.79 Å². The van der Waals surface area contributed by atoms with Crippen LogP contribution in [0.4, 0.5) is 0 Å². The first-order valence-corrected chi connectivity index (χ1v) is 5.61. The molecule has 0 spiro atoms. The Kier molecular flexibility index (Phi) is 4.43. The summed E-state index contributed by atoms with van der Waals surface area (Å²) in [5, 5.41) is 8.44. The summed E-state index contributed by atoms with van der Waals surface area (Å²) in [6.07, 6.45) is 2.54. The fourth-order valence-corrected chi connectivity index (χ4v) is 1.42. The molecule has 0 bridgehead atoms. The first-order chi connectivity index (χ1) is 7.50. The maximum absolute atomic E-state index is 11.6. The Balaban J connectivity index is 2.83. The third kappa shape index (κ3) is 3.62. The zero-order valence-electron chi connectivity index (χ0n) is 8.68. The molecule has 3 nitrogen and oxygen atoms in total. The van der Waals surface area contributed by atoms with Gasteiger partial charge in [0.15, 0.2) is 5.78 Å². The predicted octanol–water partition coefficient (Wildman–Crippen LogP) is 2.75. The van der Waals surface area contributed by atoms with E-state index in [1.54, 1.807) is 31.2 Å². The summed E-state index contributed by atoms with van der Waals surface area (Å²) in [4.78, 5) is 21.6. The smallest absolute Gasteiger partial charge is 0.328 e. The van der Waals surface area contributed by atoms with Gasteiger partial charge in [-0.2, -0.15) is 0 Å². The van der Waals surface area contributed by atoms with Crippen LogP contribution in [0.1, 0.15) is 22.8 Å². The van der Waals surface area contributed by atoms with E-state index in [2.05, 4.69) is 15.9 Å². The van der Waals surface area contributed by atoms with Crippen LogP contribution in [0.3, 0.4) is 0 Å². The summed E-state index contributed by atoms with van der Waals surface area (Å²) in [6, 6.07) is 6.79. The summed E-state index contributed by atoms with van der Waals surface area (Å²) in [7, 11) is 0. The molecule has 0 saturated carbocycles. The number of alkyl halides is 1. The summed E-state index contributed by atoms with van der Waals surface area (Å²) < 4.78 is 0. The lowest BCUT2D eigenvalue weighted by molar-refractivity contribution is -0.131. The van der Waals surface area contributed by atoms with Gasteiger partial charge >= 0.3 is 5.97 Å². The largest absolute Gasteiger partial charge is 0.478 e. The molecule has 1 aromatic carbocycles. The molecule has 0 fully saturated rings. The number of carboxylic acids is 1. The van der Waals surface area contributed by atoms with Crippen molar-refractivity contribution in [2.75, 3.05) is 0 Å². The van der Waals surface area contributed by atoms with Crippen molar-refractivity contribution in [1.82, 2.24) is 0 Å². The molecule has 1 atom stereocenters. The molecule has 1 aromatic rings. The first kappa shape index (κ1) is 12.6. The minimum atomic E-state index is -0.991. The van der Waals surface area contributed by atoms with Crippen LogP contribution >= 0.6 is 15.9 Å². The molecule has 0 saturated heterocycles. The van der Waals surface area contributed by atoms with Gasteiger partial charge in [0.2, 0.25) is 0 Å². The van der Waals surface area contributed by atoms with Crippen molar-refractivity contribution < 1.29 is 14.7 Å². The number of ketones is 1. The highest BCUT2D eigenvalue weighted by Gasteiger charge is 2.10. The molecule has 1 rings (SSSR count). The summed E-state index contributed by atoms with van der Waals surface area (Å²) in [6.45, 7) is 1.76. The fraction of sp³-hybridized carbons (Fsp3) is 0.167. The molecule has 16 heavy (non-hydrogen) atoms. The van der Waals surface area contributed by atoms with Gasteiger partial charge in [-0.15, -0.1) is 0 Å². The van der Waals surface area contributed by atoms with Gasteiger partial charge in [0.25, 0.3) is 0 Å². The number of carbonyl (C=O) groups is 2. The minimum Gasteiger partial charge on any atom is -0.478 e. The molecule has 4 heteroatoms. The second kappa shape index (κ2) is 5.61. The SMILES string of the molecule is CC(Br)C(=O)c1ccc(C=CC(=O)O)cc1. The van der Waals surface area contributed by atoms with Gasteiger partial charge in [0, 0.05) is 11.6 Å². The molecule has 84 valence electrons. The molecular formula is C12H11BrO3. The van der Waals surface area contributed by atoms with E-state index < -0.39 is 5.97 Å². The van der Waals surface area contributed by atoms with Crippen LogP contribution in [0.2, 0.25) is 0 Å². The maximum Gasteiger partial charge on any atom is 0.328 e. The van der Waals surface area contributed by atoms with E-state index >= 15 is 0 Å². The maximum atomic E-state index is 11.6. The van der Waals surface area contributed by atoms with Crippen LogP contribution in [0.5, 0.6) is 0 Å². The third-order valence-electron chi connectivity index (χ3n) is 1.97. The minimum absolute atomic E-state index is 0.00811. The first-order valence-electron chi connectivity index (χ1n) is 4.70. The van der Waals surface area contributed by atoms with Gasteiger partial charge in [-0.3, -0.25) is 4.79 Å². The van der Waals surface area contributed by atoms with E-state index in [0.717, 1.165) is 11.6 Å². The number of hydrogen-bond acceptors (Lipinski definition) is 2. The average Bonchev–Trinajstić information content (AvgIpc) is 2.26. The van der Waals surface area contributed by atoms with Gasteiger partial charge in [-0.1, -0.05) is 40.2 Å². The van der Waals surface area contributed by atoms with Gasteiger partial charge in [0.05, 0.1) is 4.83 Å². The van der Waals surface area contributed by atoms with Crippen molar-refractivity contribution in [3.63, 3.8) is 0 Å². The lowest BCUT2D eigenvalue weighted by Gasteiger charge is -2.02. The van der Waals surface area contributed by atoms with Crippen molar-refractivity contribution in [3.05, 3.63) is 41.5 Å². The van der Waals surface area contributed by atoms with Crippen molar-refractivity contribution in [3.8, 4) is 0 Å². The number of carbonyl (C=O) groups excluding carboxylic acids is 1. The molecule has 1 unspecified atom stereocenters. The zero-order chi connectivity index (χ0) is 12.1. The lowest BCUT2D eigenvalue weighted by atomic mass is 10.1. The topological polar surface area (TPSA) is 54.4 Å². The molecule has 0 radical (unpaired) electrons. The Labute approximate surface area is 102 Å². The van der Waals surface area contributed by atoms with E-state index in [4.69, 9.17) is 5.11 Å². The normalized spacial score (nSPS) is 12.6. The van der Waals surface area contributed by atoms with Crippen LogP contribution in [0.15, 0.2) is 30.3 Å². The summed E-state index contributed by atoms with van der Waals surface area (Å²) >= 11 is 3.20. The quantitative estimate of drug-likeness (QED) is 0.525. The Morgan fingerprint density at radius 2 is 1.88 bits per heavy atom. The van der Waals surface area contributed by atoms with Crippen LogP contribution in [-0.4, -0.2) is 21.7 Å². The van der Waals surface area contributed by atoms with Crippen molar-refractivity contribution in [2.24, 2.45) is 0 Å². The van der Waals surface area contributed by atoms with Gasteiger partial charge in [-0.05, 0) is 18.6 Å². The Morgan fingerprint density at radius 3 is 2.31 bits per heavy atom. The fourth-order valence-electron chi connectivity index (χ4n) is 1.16. The number of aliphatic carboxylic acids is 1. The predicted molar refractivity (Wildman–Crippen MR) is 65.8 cm³/mol. The van der Waals surface area contributed by atoms with E-state index in [1.165, 1.54) is 6.08 Å². The molecule has 0 aliphatic rings. The Bertz CT molecular complexity index is 418. The number of hydrogen-bond donors (Lipinski definition) is 1. The van der Waals surface area contributed by atoms with Crippen LogP contribution < -0.4 is 0 Å². The van der Waals surface area contributed by atoms with E-state index in [1.807, 2.05) is 0 Å². The molecule has 0 aliphatic heterocycles. The molecule has 1 N–H and O–H groups in total. The average molecular weight is 283 g/mol. The monoisotopic (exact) mass is 282 g/mol. The number of rotatable bonds is 4. The van der Waals surface area contributed by atoms with Crippen LogP contribution in [-0.2, 0) is 4.79 Å². The summed E-state index contributed by atoms with van der Waals surface area (Å²) in [5.74, 6) is -0.983. The van der Waals surface area contributed by atoms with Crippen molar-refractivity contribution in [1.29, 1.82) is 0 Å². The summed E-state index contributed by atoms with van der Waals surface area (Å²) in [5.41, 5.74) is 1.36. The van der Waals surface area contributed by atoms with E-state index in [0.29, 0.717) is 5.56 Å². The molecule has 0 aliphatic carbocycles. The standard InChI is InChI=1S/C12H11BrO3/c1-8(13)12(16)10-5-2-9(3-6-10)4-7-11(14)15/h2-8H,1H3,(H,14,15). The van der Waals surface area contributed by atoms with Crippen LogP contribution in [0, 0.1) is 0 Å². The number of halogens is 1. The Morgan fingerprint density at radius 1 is 1.31 bits per heavy atom. The number of benzene rings is 1. The molecule has 0 aromatic heterocycles. The molecule has 0 heterocycles. The highest BCUT2D eigenvalue weighted by Crippen LogP contribution is 2.11. The molecule has 0 amide bonds. The number of Topliss-reactive ketones (excluding diaryl/α,β-unsaturated/α-hetero) is 1. The second-order valence-corrected chi connectivity index (χ2v) is 4.65. The highest BCUT2D eigenvalue weighted by atomic mass is 79.9. The van der Waals surface area contributed by atoms with Gasteiger partial charge < -0.3 is 5.11 Å². The zero-order valence-corrected chi connectivity index (χ0v) is 10.3. The number of carboxylic acid groups (broad SMARTS) is 1.